The predicted octanol–water partition coefficient (Wildman–Crippen LogP) is 4.57. The molecule has 0 saturated heterocycles. The van der Waals surface area contributed by atoms with Crippen LogP contribution < -0.4 is 10.6 Å². The normalized spacial score (nSPS) is 12.8. The van der Waals surface area contributed by atoms with Gasteiger partial charge in [-0.25, -0.2) is 0 Å². The first-order valence-corrected chi connectivity index (χ1v) is 9.44. The largest absolute Gasteiger partial charge is 0.352 e. The van der Waals surface area contributed by atoms with E-state index in [2.05, 4.69) is 24.5 Å². The van der Waals surface area contributed by atoms with Gasteiger partial charge in [0.25, 0.3) is 11.8 Å². The van der Waals surface area contributed by atoms with Crippen molar-refractivity contribution in [3.8, 4) is 0 Å². The maximum Gasteiger partial charge on any atom is 0.256 e. The molecule has 2 N–H and O–H groups in total. The summed E-state index contributed by atoms with van der Waals surface area (Å²) in [4.78, 5) is 26.7. The second-order valence-corrected chi connectivity index (χ2v) is 7.24. The summed E-state index contributed by atoms with van der Waals surface area (Å²) in [7, 11) is 0. The number of benzene rings is 2. The van der Waals surface area contributed by atoms with E-state index < -0.39 is 0 Å². The summed E-state index contributed by atoms with van der Waals surface area (Å²) in [5, 5.41) is 5.91. The molecule has 0 aromatic heterocycles. The lowest BCUT2D eigenvalue weighted by molar-refractivity contribution is 0.0945. The topological polar surface area (TPSA) is 58.2 Å². The molecular formula is C20H22N2O2S. The van der Waals surface area contributed by atoms with Gasteiger partial charge in [0.05, 0.1) is 11.3 Å². The van der Waals surface area contributed by atoms with Crippen LogP contribution in [0.1, 0.15) is 47.4 Å². The van der Waals surface area contributed by atoms with Gasteiger partial charge >= 0.3 is 0 Å². The average Bonchev–Trinajstić information content (AvgIpc) is 2.77. The Balaban J connectivity index is 1.80. The summed E-state index contributed by atoms with van der Waals surface area (Å²) < 4.78 is 0. The third kappa shape index (κ3) is 3.87. The van der Waals surface area contributed by atoms with Gasteiger partial charge in [0, 0.05) is 21.9 Å². The smallest absolute Gasteiger partial charge is 0.256 e. The summed E-state index contributed by atoms with van der Waals surface area (Å²) >= 11 is 1.54. The molecule has 2 aromatic carbocycles. The molecule has 0 bridgehead atoms. The Labute approximate surface area is 152 Å². The predicted molar refractivity (Wildman–Crippen MR) is 101 cm³/mol. The quantitative estimate of drug-likeness (QED) is 0.827. The molecule has 1 aliphatic heterocycles. The van der Waals surface area contributed by atoms with E-state index in [1.807, 2.05) is 36.4 Å². The third-order valence-corrected chi connectivity index (χ3v) is 5.70. The zero-order chi connectivity index (χ0) is 17.8. The van der Waals surface area contributed by atoms with Gasteiger partial charge in [-0.1, -0.05) is 50.6 Å². The van der Waals surface area contributed by atoms with E-state index in [1.165, 1.54) is 11.8 Å². The Morgan fingerprint density at radius 2 is 1.88 bits per heavy atom. The summed E-state index contributed by atoms with van der Waals surface area (Å²) in [5.74, 6) is 0.252. The van der Waals surface area contributed by atoms with E-state index in [0.717, 1.165) is 22.6 Å². The Kier molecular flexibility index (Phi) is 5.43. The minimum atomic E-state index is -0.142. The zero-order valence-electron chi connectivity index (χ0n) is 14.5. The first-order valence-electron chi connectivity index (χ1n) is 8.62. The Bertz CT molecular complexity index is 800. The fourth-order valence-electron chi connectivity index (χ4n) is 2.83. The highest BCUT2D eigenvalue weighted by Gasteiger charge is 2.20. The Hall–Kier alpha value is -2.27. The molecule has 0 unspecified atom stereocenters. The monoisotopic (exact) mass is 354 g/mol. The number of hydrogen-bond acceptors (Lipinski definition) is 3. The highest BCUT2D eigenvalue weighted by molar-refractivity contribution is 7.99. The lowest BCUT2D eigenvalue weighted by Gasteiger charge is -2.14. The number of amides is 2. The second-order valence-electron chi connectivity index (χ2n) is 6.16. The Morgan fingerprint density at radius 1 is 1.12 bits per heavy atom. The van der Waals surface area contributed by atoms with Gasteiger partial charge in [0.2, 0.25) is 0 Å². The van der Waals surface area contributed by atoms with E-state index in [4.69, 9.17) is 0 Å². The van der Waals surface area contributed by atoms with Crippen LogP contribution in [0.5, 0.6) is 0 Å². The van der Waals surface area contributed by atoms with Crippen molar-refractivity contribution in [1.82, 2.24) is 5.32 Å². The van der Waals surface area contributed by atoms with Crippen LogP contribution in [0.15, 0.2) is 52.3 Å². The van der Waals surface area contributed by atoms with Crippen LogP contribution in [0, 0.1) is 5.92 Å². The number of rotatable bonds is 5. The number of carbonyl (C=O) groups excluding carboxylic acids is 2. The van der Waals surface area contributed by atoms with Crippen LogP contribution in [0.2, 0.25) is 0 Å². The minimum absolute atomic E-state index is 0.101. The van der Waals surface area contributed by atoms with E-state index >= 15 is 0 Å². The van der Waals surface area contributed by atoms with Crippen molar-refractivity contribution in [2.45, 2.75) is 36.5 Å². The van der Waals surface area contributed by atoms with Crippen LogP contribution in [-0.2, 0) is 0 Å². The zero-order valence-corrected chi connectivity index (χ0v) is 15.3. The standard InChI is InChI=1S/C20H22N2O2S/c1-3-13(4-2)12-21-19(23)14-9-10-18-16(11-14)22-20(24)15-7-5-6-8-17(15)25-18/h5-11,13H,3-4,12H2,1-2H3,(H,21,23)(H,22,24). The van der Waals surface area contributed by atoms with E-state index in [-0.39, 0.29) is 11.8 Å². The molecule has 1 aliphatic rings. The molecule has 2 aromatic rings. The maximum atomic E-state index is 12.4. The van der Waals surface area contributed by atoms with Crippen molar-refractivity contribution in [1.29, 1.82) is 0 Å². The fourth-order valence-corrected chi connectivity index (χ4v) is 3.84. The second kappa shape index (κ2) is 7.74. The van der Waals surface area contributed by atoms with Gasteiger partial charge < -0.3 is 10.6 Å². The Morgan fingerprint density at radius 3 is 2.64 bits per heavy atom. The van der Waals surface area contributed by atoms with Crippen LogP contribution in [-0.4, -0.2) is 18.4 Å². The van der Waals surface area contributed by atoms with Crippen molar-refractivity contribution in [2.24, 2.45) is 5.92 Å². The van der Waals surface area contributed by atoms with Crippen LogP contribution >= 0.6 is 11.8 Å². The van der Waals surface area contributed by atoms with Crippen LogP contribution in [0.25, 0.3) is 0 Å². The van der Waals surface area contributed by atoms with Gasteiger partial charge in [-0.15, -0.1) is 0 Å². The van der Waals surface area contributed by atoms with E-state index in [1.54, 1.807) is 6.07 Å². The number of anilines is 1. The van der Waals surface area contributed by atoms with Crippen LogP contribution in [0.4, 0.5) is 5.69 Å². The molecule has 0 fully saturated rings. The molecule has 1 heterocycles. The molecule has 0 saturated carbocycles. The molecule has 0 aliphatic carbocycles. The number of fused-ring (bicyclic) bond motifs is 2. The van der Waals surface area contributed by atoms with Gasteiger partial charge in [0.1, 0.15) is 0 Å². The molecular weight excluding hydrogens is 332 g/mol. The summed E-state index contributed by atoms with van der Waals surface area (Å²) in [6.45, 7) is 4.94. The molecule has 2 amide bonds. The lowest BCUT2D eigenvalue weighted by Crippen LogP contribution is -2.29. The van der Waals surface area contributed by atoms with Crippen LogP contribution in [0.3, 0.4) is 0 Å². The summed E-state index contributed by atoms with van der Waals surface area (Å²) in [5.41, 5.74) is 1.90. The summed E-state index contributed by atoms with van der Waals surface area (Å²) in [6, 6.07) is 13.0. The van der Waals surface area contributed by atoms with Gasteiger partial charge in [-0.05, 0) is 36.2 Å². The fraction of sp³-hybridized carbons (Fsp3) is 0.300. The SMILES string of the molecule is CCC(CC)CNC(=O)c1ccc2c(c1)NC(=O)c1ccccc1S2. The van der Waals surface area contributed by atoms with Crippen molar-refractivity contribution in [3.63, 3.8) is 0 Å². The van der Waals surface area contributed by atoms with Crippen molar-refractivity contribution < 1.29 is 9.59 Å². The lowest BCUT2D eigenvalue weighted by atomic mass is 10.0. The molecule has 3 rings (SSSR count). The maximum absolute atomic E-state index is 12.4. The number of hydrogen-bond donors (Lipinski definition) is 2. The summed E-state index contributed by atoms with van der Waals surface area (Å²) in [6.07, 6.45) is 2.10. The molecule has 130 valence electrons. The van der Waals surface area contributed by atoms with Crippen molar-refractivity contribution in [2.75, 3.05) is 11.9 Å². The van der Waals surface area contributed by atoms with Gasteiger partial charge in [-0.2, -0.15) is 0 Å². The highest BCUT2D eigenvalue weighted by atomic mass is 32.2. The number of carbonyl (C=O) groups is 2. The number of nitrogens with one attached hydrogen (secondary N) is 2. The minimum Gasteiger partial charge on any atom is -0.352 e. The van der Waals surface area contributed by atoms with E-state index in [9.17, 15) is 9.59 Å². The molecule has 0 radical (unpaired) electrons. The molecule has 0 atom stereocenters. The third-order valence-electron chi connectivity index (χ3n) is 4.55. The molecule has 25 heavy (non-hydrogen) atoms. The first kappa shape index (κ1) is 17.5. The van der Waals surface area contributed by atoms with Crippen molar-refractivity contribution in [3.05, 3.63) is 53.6 Å². The molecule has 5 heteroatoms. The highest BCUT2D eigenvalue weighted by Crippen LogP contribution is 2.38. The van der Waals surface area contributed by atoms with Gasteiger partial charge in [-0.3, -0.25) is 9.59 Å². The average molecular weight is 354 g/mol. The molecule has 0 spiro atoms. The van der Waals surface area contributed by atoms with Gasteiger partial charge in [0.15, 0.2) is 0 Å². The molecule has 4 nitrogen and oxygen atoms in total. The first-order chi connectivity index (χ1) is 12.1. The van der Waals surface area contributed by atoms with E-state index in [0.29, 0.717) is 29.3 Å². The van der Waals surface area contributed by atoms with Crippen molar-refractivity contribution >= 4 is 29.3 Å².